The standard InChI is InChI=1S/C12H24O3/c1-4-11(7-6-10(3)13)8-9-12(14)15-5-2/h10-11,13H,4-9H2,1-3H3/t10?,11-/m0/s1. The van der Waals surface area contributed by atoms with E-state index in [1.165, 1.54) is 0 Å². The fourth-order valence-electron chi connectivity index (χ4n) is 1.58. The Balaban J connectivity index is 3.65. The average Bonchev–Trinajstić information content (AvgIpc) is 2.18. The Morgan fingerprint density at radius 2 is 1.93 bits per heavy atom. The Morgan fingerprint density at radius 1 is 1.27 bits per heavy atom. The maximum Gasteiger partial charge on any atom is 0.305 e. The molecule has 0 aromatic heterocycles. The summed E-state index contributed by atoms with van der Waals surface area (Å²) in [4.78, 5) is 11.1. The molecule has 1 unspecified atom stereocenters. The molecular formula is C12H24O3. The molecule has 0 aromatic carbocycles. The van der Waals surface area contributed by atoms with Gasteiger partial charge in [0, 0.05) is 6.42 Å². The van der Waals surface area contributed by atoms with Crippen LogP contribution in [0.4, 0.5) is 0 Å². The van der Waals surface area contributed by atoms with Crippen molar-refractivity contribution >= 4 is 5.97 Å². The zero-order valence-corrected chi connectivity index (χ0v) is 10.2. The molecule has 90 valence electrons. The van der Waals surface area contributed by atoms with Crippen LogP contribution in [0.1, 0.15) is 52.9 Å². The number of ether oxygens (including phenoxy) is 1. The molecule has 0 saturated carbocycles. The first kappa shape index (κ1) is 14.4. The lowest BCUT2D eigenvalue weighted by Crippen LogP contribution is -2.10. The van der Waals surface area contributed by atoms with Crippen molar-refractivity contribution in [2.75, 3.05) is 6.61 Å². The molecule has 0 aliphatic rings. The van der Waals surface area contributed by atoms with Gasteiger partial charge in [-0.2, -0.15) is 0 Å². The second-order valence-electron chi connectivity index (χ2n) is 4.04. The molecule has 0 heterocycles. The van der Waals surface area contributed by atoms with Crippen LogP contribution >= 0.6 is 0 Å². The van der Waals surface area contributed by atoms with Crippen molar-refractivity contribution in [1.29, 1.82) is 0 Å². The molecule has 0 radical (unpaired) electrons. The molecule has 0 bridgehead atoms. The third-order valence-electron chi connectivity index (χ3n) is 2.63. The molecule has 0 saturated heterocycles. The van der Waals surface area contributed by atoms with Crippen molar-refractivity contribution in [3.05, 3.63) is 0 Å². The van der Waals surface area contributed by atoms with Crippen molar-refractivity contribution in [3.63, 3.8) is 0 Å². The van der Waals surface area contributed by atoms with Crippen molar-refractivity contribution in [1.82, 2.24) is 0 Å². The van der Waals surface area contributed by atoms with Crippen LogP contribution in [-0.2, 0) is 9.53 Å². The Hall–Kier alpha value is -0.570. The van der Waals surface area contributed by atoms with Gasteiger partial charge < -0.3 is 9.84 Å². The normalized spacial score (nSPS) is 14.7. The molecule has 0 aliphatic heterocycles. The summed E-state index contributed by atoms with van der Waals surface area (Å²) in [5, 5.41) is 9.17. The van der Waals surface area contributed by atoms with Gasteiger partial charge in [0.25, 0.3) is 0 Å². The van der Waals surface area contributed by atoms with Crippen LogP contribution in [0.25, 0.3) is 0 Å². The van der Waals surface area contributed by atoms with Gasteiger partial charge in [0.05, 0.1) is 12.7 Å². The monoisotopic (exact) mass is 216 g/mol. The van der Waals surface area contributed by atoms with E-state index in [0.29, 0.717) is 18.9 Å². The molecule has 0 aliphatic carbocycles. The second kappa shape index (κ2) is 8.72. The molecule has 2 atom stereocenters. The smallest absolute Gasteiger partial charge is 0.305 e. The number of rotatable bonds is 8. The van der Waals surface area contributed by atoms with Crippen molar-refractivity contribution in [2.24, 2.45) is 5.92 Å². The van der Waals surface area contributed by atoms with E-state index >= 15 is 0 Å². The fourth-order valence-corrected chi connectivity index (χ4v) is 1.58. The number of aliphatic hydroxyl groups is 1. The van der Waals surface area contributed by atoms with Gasteiger partial charge >= 0.3 is 5.97 Å². The summed E-state index contributed by atoms with van der Waals surface area (Å²) in [5.41, 5.74) is 0. The molecule has 0 spiro atoms. The van der Waals surface area contributed by atoms with Gasteiger partial charge in [-0.05, 0) is 39.0 Å². The van der Waals surface area contributed by atoms with Crippen LogP contribution in [-0.4, -0.2) is 23.8 Å². The quantitative estimate of drug-likeness (QED) is 0.634. The number of carbonyl (C=O) groups excluding carboxylic acids is 1. The van der Waals surface area contributed by atoms with E-state index in [0.717, 1.165) is 25.7 Å². The van der Waals surface area contributed by atoms with Gasteiger partial charge in [0.15, 0.2) is 0 Å². The zero-order chi connectivity index (χ0) is 11.7. The van der Waals surface area contributed by atoms with E-state index in [-0.39, 0.29) is 12.1 Å². The predicted molar refractivity (Wildman–Crippen MR) is 60.6 cm³/mol. The number of hydrogen-bond donors (Lipinski definition) is 1. The SMILES string of the molecule is CCOC(=O)CC[C@@H](CC)CCC(C)O. The van der Waals surface area contributed by atoms with E-state index in [1.807, 2.05) is 6.92 Å². The van der Waals surface area contributed by atoms with E-state index in [9.17, 15) is 4.79 Å². The maximum atomic E-state index is 11.1. The van der Waals surface area contributed by atoms with E-state index < -0.39 is 0 Å². The van der Waals surface area contributed by atoms with E-state index in [2.05, 4.69) is 6.92 Å². The third-order valence-corrected chi connectivity index (χ3v) is 2.63. The molecule has 0 amide bonds. The summed E-state index contributed by atoms with van der Waals surface area (Å²) in [6, 6.07) is 0. The minimum absolute atomic E-state index is 0.104. The second-order valence-corrected chi connectivity index (χ2v) is 4.04. The molecular weight excluding hydrogens is 192 g/mol. The topological polar surface area (TPSA) is 46.5 Å². The molecule has 1 N–H and O–H groups in total. The third kappa shape index (κ3) is 8.43. The van der Waals surface area contributed by atoms with Crippen molar-refractivity contribution in [3.8, 4) is 0 Å². The lowest BCUT2D eigenvalue weighted by molar-refractivity contribution is -0.143. The number of hydrogen-bond acceptors (Lipinski definition) is 3. The number of esters is 1. The molecule has 3 heteroatoms. The van der Waals surface area contributed by atoms with Gasteiger partial charge in [-0.1, -0.05) is 13.3 Å². The van der Waals surface area contributed by atoms with E-state index in [1.54, 1.807) is 6.92 Å². The van der Waals surface area contributed by atoms with Crippen LogP contribution < -0.4 is 0 Å². The number of carbonyl (C=O) groups is 1. The minimum atomic E-state index is -0.235. The predicted octanol–water partition coefficient (Wildman–Crippen LogP) is 2.52. The highest BCUT2D eigenvalue weighted by Gasteiger charge is 2.11. The maximum absolute atomic E-state index is 11.1. The highest BCUT2D eigenvalue weighted by molar-refractivity contribution is 5.69. The molecule has 15 heavy (non-hydrogen) atoms. The highest BCUT2D eigenvalue weighted by Crippen LogP contribution is 2.18. The fraction of sp³-hybridized carbons (Fsp3) is 0.917. The highest BCUT2D eigenvalue weighted by atomic mass is 16.5. The van der Waals surface area contributed by atoms with Gasteiger partial charge in [-0.25, -0.2) is 0 Å². The van der Waals surface area contributed by atoms with Crippen molar-refractivity contribution in [2.45, 2.75) is 59.0 Å². The molecule has 0 aromatic rings. The van der Waals surface area contributed by atoms with Crippen LogP contribution in [0.2, 0.25) is 0 Å². The van der Waals surface area contributed by atoms with Gasteiger partial charge in [-0.15, -0.1) is 0 Å². The van der Waals surface area contributed by atoms with Gasteiger partial charge in [0.2, 0.25) is 0 Å². The molecule has 3 nitrogen and oxygen atoms in total. The van der Waals surface area contributed by atoms with Gasteiger partial charge in [-0.3, -0.25) is 4.79 Å². The van der Waals surface area contributed by atoms with Crippen LogP contribution in [0.5, 0.6) is 0 Å². The Bertz CT molecular complexity index is 166. The van der Waals surface area contributed by atoms with Crippen molar-refractivity contribution < 1.29 is 14.6 Å². The summed E-state index contributed by atoms with van der Waals surface area (Å²) >= 11 is 0. The first-order chi connectivity index (χ1) is 7.10. The van der Waals surface area contributed by atoms with Gasteiger partial charge in [0.1, 0.15) is 0 Å². The summed E-state index contributed by atoms with van der Waals surface area (Å²) in [5.74, 6) is 0.428. The minimum Gasteiger partial charge on any atom is -0.466 e. The first-order valence-electron chi connectivity index (χ1n) is 5.93. The summed E-state index contributed by atoms with van der Waals surface area (Å²) in [6.07, 6.45) is 4.02. The Labute approximate surface area is 92.8 Å². The lowest BCUT2D eigenvalue weighted by Gasteiger charge is -2.14. The zero-order valence-electron chi connectivity index (χ0n) is 10.2. The Morgan fingerprint density at radius 3 is 2.40 bits per heavy atom. The Kier molecular flexibility index (Phi) is 8.38. The van der Waals surface area contributed by atoms with E-state index in [4.69, 9.17) is 9.84 Å². The van der Waals surface area contributed by atoms with Crippen LogP contribution in [0.15, 0.2) is 0 Å². The summed E-state index contributed by atoms with van der Waals surface area (Å²) in [7, 11) is 0. The van der Waals surface area contributed by atoms with Crippen LogP contribution in [0.3, 0.4) is 0 Å². The molecule has 0 rings (SSSR count). The summed E-state index contributed by atoms with van der Waals surface area (Å²) in [6.45, 7) is 6.21. The largest absolute Gasteiger partial charge is 0.466 e. The van der Waals surface area contributed by atoms with Crippen LogP contribution in [0, 0.1) is 5.92 Å². The summed E-state index contributed by atoms with van der Waals surface area (Å²) < 4.78 is 4.87. The first-order valence-corrected chi connectivity index (χ1v) is 5.93. The average molecular weight is 216 g/mol. The molecule has 0 fully saturated rings. The lowest BCUT2D eigenvalue weighted by atomic mass is 9.94. The number of aliphatic hydroxyl groups excluding tert-OH is 1.